The van der Waals surface area contributed by atoms with Gasteiger partial charge in [0.25, 0.3) is 0 Å². The highest BCUT2D eigenvalue weighted by Gasteiger charge is 2.34. The van der Waals surface area contributed by atoms with E-state index in [1.165, 1.54) is 0 Å². The van der Waals surface area contributed by atoms with Crippen molar-refractivity contribution in [3.63, 3.8) is 0 Å². The van der Waals surface area contributed by atoms with Gasteiger partial charge < -0.3 is 29.6 Å². The minimum absolute atomic E-state index is 0.164. The van der Waals surface area contributed by atoms with Crippen molar-refractivity contribution in [2.45, 2.75) is 12.6 Å². The quantitative estimate of drug-likeness (QED) is 0.842. The van der Waals surface area contributed by atoms with Gasteiger partial charge in [-0.3, -0.25) is 4.90 Å². The highest BCUT2D eigenvalue weighted by molar-refractivity contribution is 5.91. The van der Waals surface area contributed by atoms with Crippen molar-refractivity contribution in [3.8, 4) is 23.0 Å². The summed E-state index contributed by atoms with van der Waals surface area (Å²) in [6, 6.07) is 8.90. The number of amides is 2. The maximum Gasteiger partial charge on any atom is 0.320 e. The molecule has 0 spiro atoms. The molecule has 0 bridgehead atoms. The van der Waals surface area contributed by atoms with Crippen molar-refractivity contribution in [1.29, 1.82) is 0 Å². The predicted molar refractivity (Wildman–Crippen MR) is 103 cm³/mol. The van der Waals surface area contributed by atoms with E-state index in [2.05, 4.69) is 15.5 Å². The number of para-hydroxylation sites is 2. The van der Waals surface area contributed by atoms with Gasteiger partial charge in [-0.15, -0.1) is 0 Å². The zero-order valence-electron chi connectivity index (χ0n) is 16.1. The van der Waals surface area contributed by atoms with Gasteiger partial charge in [0.2, 0.25) is 12.5 Å². The fraction of sp³-hybridized carbons (Fsp3) is 0.350. The number of hydrogen-bond donors (Lipinski definition) is 2. The first-order valence-electron chi connectivity index (χ1n) is 9.02. The lowest BCUT2D eigenvalue weighted by molar-refractivity contribution is 0.169. The largest absolute Gasteiger partial charge is 0.495 e. The minimum Gasteiger partial charge on any atom is -0.495 e. The van der Waals surface area contributed by atoms with E-state index in [-0.39, 0.29) is 19.0 Å². The molecule has 28 heavy (non-hydrogen) atoms. The predicted octanol–water partition coefficient (Wildman–Crippen LogP) is 2.74. The maximum atomic E-state index is 12.7. The van der Waals surface area contributed by atoms with Crippen molar-refractivity contribution >= 4 is 11.7 Å². The van der Waals surface area contributed by atoms with Crippen molar-refractivity contribution in [3.05, 3.63) is 41.5 Å². The van der Waals surface area contributed by atoms with Crippen LogP contribution in [0.25, 0.3) is 0 Å². The number of benzene rings is 2. The number of fused-ring (bicyclic) bond motifs is 2. The number of ether oxygens (including phenoxy) is 4. The van der Waals surface area contributed by atoms with Crippen molar-refractivity contribution in [2.24, 2.45) is 0 Å². The Morgan fingerprint density at radius 1 is 1.21 bits per heavy atom. The van der Waals surface area contributed by atoms with Crippen LogP contribution >= 0.6 is 0 Å². The lowest BCUT2D eigenvalue weighted by Gasteiger charge is -2.36. The summed E-state index contributed by atoms with van der Waals surface area (Å²) in [5, 5.41) is 5.89. The zero-order valence-corrected chi connectivity index (χ0v) is 16.1. The van der Waals surface area contributed by atoms with E-state index < -0.39 is 0 Å². The van der Waals surface area contributed by atoms with Crippen LogP contribution in [-0.2, 0) is 6.42 Å². The average Bonchev–Trinajstić information content (AvgIpc) is 3.17. The third kappa shape index (κ3) is 3.16. The summed E-state index contributed by atoms with van der Waals surface area (Å²) in [5.41, 5.74) is 2.55. The van der Waals surface area contributed by atoms with E-state index in [4.69, 9.17) is 18.9 Å². The molecule has 2 heterocycles. The number of methoxy groups -OCH3 is 2. The molecule has 0 unspecified atom stereocenters. The van der Waals surface area contributed by atoms with E-state index in [1.807, 2.05) is 25.2 Å². The molecular formula is C20H23N3O5. The van der Waals surface area contributed by atoms with Crippen LogP contribution in [0.15, 0.2) is 30.3 Å². The first-order valence-corrected chi connectivity index (χ1v) is 9.02. The summed E-state index contributed by atoms with van der Waals surface area (Å²) >= 11 is 0. The highest BCUT2D eigenvalue weighted by atomic mass is 16.7. The summed E-state index contributed by atoms with van der Waals surface area (Å²) in [7, 11) is 5.12. The van der Waals surface area contributed by atoms with Gasteiger partial charge in [0.05, 0.1) is 19.9 Å². The number of nitrogens with zero attached hydrogens (tertiary/aromatic N) is 1. The number of rotatable bonds is 4. The number of carbonyl (C=O) groups is 1. The van der Waals surface area contributed by atoms with Crippen LogP contribution < -0.4 is 29.6 Å². The van der Waals surface area contributed by atoms with Crippen molar-refractivity contribution < 1.29 is 23.7 Å². The standard InChI is InChI=1S/C20H23N3O5/c1-23-9-8-12-10-15-17(28-11-27-15)18(26-3)16(12)19(23)22-20(24)21-13-6-4-5-7-14(13)25-2/h4-7,10,19H,8-9,11H2,1-3H3,(H2,21,22,24)/t19-/m1/s1. The summed E-state index contributed by atoms with van der Waals surface area (Å²) in [4.78, 5) is 14.8. The van der Waals surface area contributed by atoms with Crippen molar-refractivity contribution in [1.82, 2.24) is 10.2 Å². The van der Waals surface area contributed by atoms with Gasteiger partial charge in [0, 0.05) is 12.1 Å². The third-order valence-electron chi connectivity index (χ3n) is 5.02. The van der Waals surface area contributed by atoms with Crippen LogP contribution in [0, 0.1) is 0 Å². The fourth-order valence-electron chi connectivity index (χ4n) is 3.65. The van der Waals surface area contributed by atoms with Gasteiger partial charge >= 0.3 is 6.03 Å². The summed E-state index contributed by atoms with van der Waals surface area (Å²) in [5.74, 6) is 2.45. The van der Waals surface area contributed by atoms with Crippen molar-refractivity contribution in [2.75, 3.05) is 39.9 Å². The van der Waals surface area contributed by atoms with Crippen LogP contribution in [0.2, 0.25) is 0 Å². The normalized spacial score (nSPS) is 17.6. The summed E-state index contributed by atoms with van der Waals surface area (Å²) < 4.78 is 22.1. The van der Waals surface area contributed by atoms with Crippen LogP contribution in [-0.4, -0.2) is 45.5 Å². The van der Waals surface area contributed by atoms with Gasteiger partial charge in [-0.2, -0.15) is 0 Å². The molecule has 1 atom stereocenters. The Balaban J connectivity index is 1.63. The molecule has 0 aliphatic carbocycles. The molecule has 8 heteroatoms. The molecular weight excluding hydrogens is 362 g/mol. The number of carbonyl (C=O) groups excluding carboxylic acids is 1. The molecule has 2 aromatic rings. The third-order valence-corrected chi connectivity index (χ3v) is 5.02. The second kappa shape index (κ2) is 7.47. The van der Waals surface area contributed by atoms with Gasteiger partial charge in [-0.05, 0) is 37.2 Å². The Morgan fingerprint density at radius 2 is 2.04 bits per heavy atom. The number of likely N-dealkylation sites (N-methyl/N-ethyl adjacent to an activating group) is 1. The number of hydrogen-bond acceptors (Lipinski definition) is 6. The first kappa shape index (κ1) is 18.2. The van der Waals surface area contributed by atoms with Gasteiger partial charge in [-0.25, -0.2) is 4.79 Å². The Bertz CT molecular complexity index is 902. The lowest BCUT2D eigenvalue weighted by atomic mass is 9.95. The topological polar surface area (TPSA) is 81.3 Å². The van der Waals surface area contributed by atoms with Crippen LogP contribution in [0.4, 0.5) is 10.5 Å². The Kier molecular flexibility index (Phi) is 4.87. The SMILES string of the molecule is COc1ccccc1NC(=O)N[C@H]1c2c(cc3c(c2OC)OCO3)CCN1C. The van der Waals surface area contributed by atoms with E-state index in [9.17, 15) is 4.79 Å². The van der Waals surface area contributed by atoms with Gasteiger partial charge in [0.15, 0.2) is 11.5 Å². The Hall–Kier alpha value is -3.13. The summed E-state index contributed by atoms with van der Waals surface area (Å²) in [6.07, 6.45) is 0.452. The Morgan fingerprint density at radius 3 is 2.82 bits per heavy atom. The van der Waals surface area contributed by atoms with E-state index in [0.29, 0.717) is 28.7 Å². The molecule has 2 N–H and O–H groups in total. The zero-order chi connectivity index (χ0) is 19.7. The molecule has 2 aromatic carbocycles. The number of nitrogens with one attached hydrogen (secondary N) is 2. The van der Waals surface area contributed by atoms with E-state index in [1.54, 1.807) is 26.4 Å². The second-order valence-corrected chi connectivity index (χ2v) is 6.65. The molecule has 0 fully saturated rings. The maximum absolute atomic E-state index is 12.7. The first-order chi connectivity index (χ1) is 13.6. The lowest BCUT2D eigenvalue weighted by Crippen LogP contribution is -2.45. The smallest absolute Gasteiger partial charge is 0.320 e. The van der Waals surface area contributed by atoms with Gasteiger partial charge in [0.1, 0.15) is 11.9 Å². The molecule has 8 nitrogen and oxygen atoms in total. The minimum atomic E-state index is -0.372. The molecule has 2 aliphatic heterocycles. The van der Waals surface area contributed by atoms with Crippen LogP contribution in [0.3, 0.4) is 0 Å². The van der Waals surface area contributed by atoms with Crippen LogP contribution in [0.5, 0.6) is 23.0 Å². The average molecular weight is 385 g/mol. The van der Waals surface area contributed by atoms with Gasteiger partial charge in [-0.1, -0.05) is 12.1 Å². The monoisotopic (exact) mass is 385 g/mol. The Labute approximate surface area is 163 Å². The molecule has 4 rings (SSSR count). The fourth-order valence-corrected chi connectivity index (χ4v) is 3.65. The highest BCUT2D eigenvalue weighted by Crippen LogP contribution is 2.48. The molecule has 2 aliphatic rings. The number of anilines is 1. The molecule has 148 valence electrons. The molecule has 0 aromatic heterocycles. The summed E-state index contributed by atoms with van der Waals surface area (Å²) in [6.45, 7) is 0.951. The van der Waals surface area contributed by atoms with E-state index in [0.717, 1.165) is 24.1 Å². The molecule has 0 saturated heterocycles. The molecule has 2 amide bonds. The molecule has 0 saturated carbocycles. The number of urea groups is 1. The van der Waals surface area contributed by atoms with Crippen LogP contribution in [0.1, 0.15) is 17.3 Å². The van der Waals surface area contributed by atoms with E-state index >= 15 is 0 Å². The molecule has 0 radical (unpaired) electrons. The second-order valence-electron chi connectivity index (χ2n) is 6.65.